The standard InChI is InChI=1S/C13H26N2O2/c1-2-11(8-10-16)15-13(17)12-7-5-3-4-6-9-14-12/h11-12,14,16H,2-10H2,1H3,(H,15,17). The lowest BCUT2D eigenvalue weighted by atomic mass is 10.0. The second-order valence-electron chi connectivity index (χ2n) is 4.84. The van der Waals surface area contributed by atoms with Crippen LogP contribution in [0.25, 0.3) is 0 Å². The molecule has 1 fully saturated rings. The third-order valence-corrected chi connectivity index (χ3v) is 3.44. The molecule has 0 aliphatic carbocycles. The Labute approximate surface area is 104 Å². The van der Waals surface area contributed by atoms with Gasteiger partial charge in [0.1, 0.15) is 0 Å². The maximum Gasteiger partial charge on any atom is 0.237 e. The van der Waals surface area contributed by atoms with Gasteiger partial charge in [0.15, 0.2) is 0 Å². The zero-order valence-corrected chi connectivity index (χ0v) is 10.9. The Hall–Kier alpha value is -0.610. The van der Waals surface area contributed by atoms with Crippen molar-refractivity contribution in [3.63, 3.8) is 0 Å². The van der Waals surface area contributed by atoms with Gasteiger partial charge in [-0.1, -0.05) is 26.2 Å². The van der Waals surface area contributed by atoms with Crippen LogP contribution in [0.3, 0.4) is 0 Å². The predicted octanol–water partition coefficient (Wildman–Crippen LogP) is 1.19. The number of hydrogen-bond acceptors (Lipinski definition) is 3. The lowest BCUT2D eigenvalue weighted by molar-refractivity contribution is -0.124. The van der Waals surface area contributed by atoms with Crippen molar-refractivity contribution in [1.29, 1.82) is 0 Å². The molecule has 1 aliphatic rings. The number of rotatable bonds is 5. The van der Waals surface area contributed by atoms with Crippen molar-refractivity contribution in [1.82, 2.24) is 10.6 Å². The normalized spacial score (nSPS) is 23.5. The highest BCUT2D eigenvalue weighted by Gasteiger charge is 2.20. The number of nitrogens with one attached hydrogen (secondary N) is 2. The Bertz CT molecular complexity index is 213. The van der Waals surface area contributed by atoms with E-state index >= 15 is 0 Å². The van der Waals surface area contributed by atoms with E-state index in [1.165, 1.54) is 12.8 Å². The lowest BCUT2D eigenvalue weighted by Gasteiger charge is -2.23. The molecule has 2 atom stereocenters. The molecular weight excluding hydrogens is 216 g/mol. The van der Waals surface area contributed by atoms with Crippen molar-refractivity contribution in [2.45, 2.75) is 64.0 Å². The first-order valence-corrected chi connectivity index (χ1v) is 6.92. The van der Waals surface area contributed by atoms with Crippen molar-refractivity contribution in [2.75, 3.05) is 13.2 Å². The molecule has 0 aromatic rings. The molecule has 2 unspecified atom stereocenters. The molecule has 1 saturated heterocycles. The number of hydrogen-bond donors (Lipinski definition) is 3. The second-order valence-corrected chi connectivity index (χ2v) is 4.84. The van der Waals surface area contributed by atoms with E-state index in [1.807, 2.05) is 6.92 Å². The molecule has 17 heavy (non-hydrogen) atoms. The van der Waals surface area contributed by atoms with Gasteiger partial charge < -0.3 is 15.7 Å². The summed E-state index contributed by atoms with van der Waals surface area (Å²) in [5.74, 6) is 0.104. The van der Waals surface area contributed by atoms with Gasteiger partial charge in [-0.05, 0) is 32.2 Å². The Kier molecular flexibility index (Phi) is 7.21. The molecule has 1 aliphatic heterocycles. The Morgan fingerprint density at radius 2 is 2.18 bits per heavy atom. The topological polar surface area (TPSA) is 61.4 Å². The minimum absolute atomic E-state index is 0.0388. The molecule has 0 aromatic heterocycles. The van der Waals surface area contributed by atoms with Crippen LogP contribution in [-0.2, 0) is 4.79 Å². The van der Waals surface area contributed by atoms with E-state index < -0.39 is 0 Å². The summed E-state index contributed by atoms with van der Waals surface area (Å²) in [6.07, 6.45) is 7.25. The minimum Gasteiger partial charge on any atom is -0.396 e. The summed E-state index contributed by atoms with van der Waals surface area (Å²) in [4.78, 5) is 12.1. The third kappa shape index (κ3) is 5.50. The molecule has 1 heterocycles. The molecule has 4 nitrogen and oxygen atoms in total. The van der Waals surface area contributed by atoms with Crippen LogP contribution in [0.2, 0.25) is 0 Å². The number of aliphatic hydroxyl groups is 1. The van der Waals surface area contributed by atoms with Gasteiger partial charge in [-0.3, -0.25) is 4.79 Å². The summed E-state index contributed by atoms with van der Waals surface area (Å²) < 4.78 is 0. The molecule has 0 radical (unpaired) electrons. The van der Waals surface area contributed by atoms with Crippen LogP contribution in [0.4, 0.5) is 0 Å². The zero-order chi connectivity index (χ0) is 12.5. The van der Waals surface area contributed by atoms with Gasteiger partial charge in [0.25, 0.3) is 0 Å². The average Bonchev–Trinajstić information content (AvgIpc) is 2.27. The second kappa shape index (κ2) is 8.48. The van der Waals surface area contributed by atoms with Crippen molar-refractivity contribution in [2.24, 2.45) is 0 Å². The number of amides is 1. The average molecular weight is 242 g/mol. The van der Waals surface area contributed by atoms with Crippen molar-refractivity contribution in [3.8, 4) is 0 Å². The van der Waals surface area contributed by atoms with Crippen molar-refractivity contribution >= 4 is 5.91 Å². The highest BCUT2D eigenvalue weighted by atomic mass is 16.3. The molecule has 0 spiro atoms. The first kappa shape index (κ1) is 14.5. The quantitative estimate of drug-likeness (QED) is 0.678. The molecule has 0 aromatic carbocycles. The van der Waals surface area contributed by atoms with Gasteiger partial charge in [-0.25, -0.2) is 0 Å². The number of carbonyl (C=O) groups is 1. The van der Waals surface area contributed by atoms with Crippen LogP contribution in [0, 0.1) is 0 Å². The van der Waals surface area contributed by atoms with Gasteiger partial charge in [-0.2, -0.15) is 0 Å². The van der Waals surface area contributed by atoms with Crippen molar-refractivity contribution in [3.05, 3.63) is 0 Å². The summed E-state index contributed by atoms with van der Waals surface area (Å²) in [5, 5.41) is 15.2. The maximum atomic E-state index is 12.1. The Balaban J connectivity index is 2.37. The van der Waals surface area contributed by atoms with Gasteiger partial charge >= 0.3 is 0 Å². The molecule has 1 rings (SSSR count). The maximum absolute atomic E-state index is 12.1. The van der Waals surface area contributed by atoms with Crippen LogP contribution in [0.1, 0.15) is 51.9 Å². The fourth-order valence-corrected chi connectivity index (χ4v) is 2.27. The van der Waals surface area contributed by atoms with Gasteiger partial charge in [-0.15, -0.1) is 0 Å². The zero-order valence-electron chi connectivity index (χ0n) is 10.9. The van der Waals surface area contributed by atoms with Crippen LogP contribution >= 0.6 is 0 Å². The fourth-order valence-electron chi connectivity index (χ4n) is 2.27. The molecule has 0 bridgehead atoms. The van der Waals surface area contributed by atoms with E-state index in [0.717, 1.165) is 32.2 Å². The van der Waals surface area contributed by atoms with Crippen LogP contribution in [0.5, 0.6) is 0 Å². The van der Waals surface area contributed by atoms with Crippen LogP contribution < -0.4 is 10.6 Å². The summed E-state index contributed by atoms with van der Waals surface area (Å²) in [6.45, 7) is 3.11. The number of aliphatic hydroxyl groups excluding tert-OH is 1. The van der Waals surface area contributed by atoms with Crippen LogP contribution in [0.15, 0.2) is 0 Å². The molecule has 1 amide bonds. The molecule has 100 valence electrons. The summed E-state index contributed by atoms with van der Waals surface area (Å²) in [6, 6.07) is 0.0720. The van der Waals surface area contributed by atoms with Crippen molar-refractivity contribution < 1.29 is 9.90 Å². The van der Waals surface area contributed by atoms with E-state index in [0.29, 0.717) is 6.42 Å². The van der Waals surface area contributed by atoms with E-state index in [1.54, 1.807) is 0 Å². The molecule has 4 heteroatoms. The minimum atomic E-state index is -0.0388. The van der Waals surface area contributed by atoms with Gasteiger partial charge in [0.05, 0.1) is 6.04 Å². The SMILES string of the molecule is CCC(CCO)NC(=O)C1CCCCCCN1. The largest absolute Gasteiger partial charge is 0.396 e. The summed E-state index contributed by atoms with van der Waals surface area (Å²) in [7, 11) is 0. The Morgan fingerprint density at radius 1 is 1.41 bits per heavy atom. The fraction of sp³-hybridized carbons (Fsp3) is 0.923. The highest BCUT2D eigenvalue weighted by molar-refractivity contribution is 5.82. The first-order valence-electron chi connectivity index (χ1n) is 6.92. The third-order valence-electron chi connectivity index (χ3n) is 3.44. The first-order chi connectivity index (χ1) is 8.27. The van der Waals surface area contributed by atoms with E-state index in [9.17, 15) is 4.79 Å². The Morgan fingerprint density at radius 3 is 2.88 bits per heavy atom. The van der Waals surface area contributed by atoms with Gasteiger partial charge in [0.2, 0.25) is 5.91 Å². The highest BCUT2D eigenvalue weighted by Crippen LogP contribution is 2.10. The molecule has 0 saturated carbocycles. The molecular formula is C13H26N2O2. The predicted molar refractivity (Wildman–Crippen MR) is 68.8 cm³/mol. The van der Waals surface area contributed by atoms with E-state index in [2.05, 4.69) is 10.6 Å². The number of carbonyl (C=O) groups excluding carboxylic acids is 1. The summed E-state index contributed by atoms with van der Waals surface area (Å²) >= 11 is 0. The smallest absolute Gasteiger partial charge is 0.237 e. The molecule has 3 N–H and O–H groups in total. The monoisotopic (exact) mass is 242 g/mol. The lowest BCUT2D eigenvalue weighted by Crippen LogP contribution is -2.48. The van der Waals surface area contributed by atoms with Gasteiger partial charge in [0, 0.05) is 12.6 Å². The van der Waals surface area contributed by atoms with E-state index in [4.69, 9.17) is 5.11 Å². The summed E-state index contributed by atoms with van der Waals surface area (Å²) in [5.41, 5.74) is 0. The van der Waals surface area contributed by atoms with E-state index in [-0.39, 0.29) is 24.6 Å². The van der Waals surface area contributed by atoms with Crippen LogP contribution in [-0.4, -0.2) is 36.2 Å².